The van der Waals surface area contributed by atoms with E-state index in [9.17, 15) is 9.59 Å². The number of carbonyl (C=O) groups is 2. The van der Waals surface area contributed by atoms with Crippen LogP contribution in [0.1, 0.15) is 34.1 Å². The molecule has 0 unspecified atom stereocenters. The van der Waals surface area contributed by atoms with Crippen molar-refractivity contribution in [2.45, 2.75) is 39.7 Å². The Bertz CT molecular complexity index is 435. The Morgan fingerprint density at radius 2 is 1.81 bits per heavy atom. The zero-order chi connectivity index (χ0) is 15.8. The lowest BCUT2D eigenvalue weighted by Gasteiger charge is -2.27. The summed E-state index contributed by atoms with van der Waals surface area (Å²) in [5.74, 6) is 0.800. The molecule has 2 amide bonds. The van der Waals surface area contributed by atoms with Gasteiger partial charge in [0, 0.05) is 49.8 Å². The van der Waals surface area contributed by atoms with Gasteiger partial charge in [0.2, 0.25) is 5.91 Å². The van der Waals surface area contributed by atoms with Gasteiger partial charge in [-0.3, -0.25) is 4.79 Å². The van der Waals surface area contributed by atoms with Crippen LogP contribution in [0.3, 0.4) is 0 Å². The van der Waals surface area contributed by atoms with Crippen molar-refractivity contribution in [1.29, 1.82) is 0 Å². The summed E-state index contributed by atoms with van der Waals surface area (Å²) in [5, 5.41) is 0. The average molecular weight is 317 g/mol. The maximum Gasteiger partial charge on any atom is 0.410 e. The first kappa shape index (κ1) is 16.4. The molecule has 0 aromatic heterocycles. The Labute approximate surface area is 131 Å². The van der Waals surface area contributed by atoms with Crippen LogP contribution >= 0.6 is 11.6 Å². The summed E-state index contributed by atoms with van der Waals surface area (Å²) in [5.41, 5.74) is -0.503. The third-order valence-corrected chi connectivity index (χ3v) is 4.47. The van der Waals surface area contributed by atoms with Crippen molar-refractivity contribution in [3.63, 3.8) is 0 Å². The molecular weight excluding hydrogens is 292 g/mol. The van der Waals surface area contributed by atoms with Crippen molar-refractivity contribution in [2.24, 2.45) is 11.3 Å². The molecule has 2 aliphatic heterocycles. The number of rotatable bonds is 2. The zero-order valence-corrected chi connectivity index (χ0v) is 14.1. The molecular formula is C15H25ClN2O3. The van der Waals surface area contributed by atoms with E-state index >= 15 is 0 Å². The van der Waals surface area contributed by atoms with Gasteiger partial charge in [0.1, 0.15) is 5.60 Å². The molecule has 0 aromatic rings. The molecule has 0 saturated carbocycles. The Hall–Kier alpha value is -0.970. The molecule has 0 N–H and O–H groups in total. The first-order valence-corrected chi connectivity index (χ1v) is 8.00. The van der Waals surface area contributed by atoms with Gasteiger partial charge in [0.25, 0.3) is 0 Å². The zero-order valence-electron chi connectivity index (χ0n) is 13.3. The Balaban J connectivity index is 1.95. The topological polar surface area (TPSA) is 49.9 Å². The van der Waals surface area contributed by atoms with Crippen molar-refractivity contribution < 1.29 is 14.3 Å². The number of ether oxygens (including phenoxy) is 1. The Kier molecular flexibility index (Phi) is 4.43. The summed E-state index contributed by atoms with van der Waals surface area (Å²) in [4.78, 5) is 27.8. The fourth-order valence-electron chi connectivity index (χ4n) is 3.23. The fourth-order valence-corrected chi connectivity index (χ4v) is 3.40. The van der Waals surface area contributed by atoms with Crippen LogP contribution in [0.25, 0.3) is 0 Å². The molecule has 2 saturated heterocycles. The van der Waals surface area contributed by atoms with Gasteiger partial charge < -0.3 is 14.5 Å². The number of nitrogens with zero attached hydrogens (tertiary/aromatic N) is 2. The van der Waals surface area contributed by atoms with E-state index in [0.29, 0.717) is 44.4 Å². The number of likely N-dealkylation sites (tertiary alicyclic amines) is 2. The van der Waals surface area contributed by atoms with Gasteiger partial charge in [0.05, 0.1) is 0 Å². The van der Waals surface area contributed by atoms with Crippen LogP contribution in [0.4, 0.5) is 4.79 Å². The molecule has 5 nitrogen and oxygen atoms in total. The largest absolute Gasteiger partial charge is 0.444 e. The number of hydrogen-bond acceptors (Lipinski definition) is 3. The average Bonchev–Trinajstić information content (AvgIpc) is 2.79. The molecule has 2 aliphatic rings. The van der Waals surface area contributed by atoms with E-state index in [4.69, 9.17) is 16.3 Å². The van der Waals surface area contributed by atoms with Gasteiger partial charge in [-0.2, -0.15) is 0 Å². The smallest absolute Gasteiger partial charge is 0.410 e. The minimum absolute atomic E-state index is 0.0289. The van der Waals surface area contributed by atoms with Crippen LogP contribution in [0.15, 0.2) is 0 Å². The molecule has 2 atom stereocenters. The molecule has 120 valence electrons. The van der Waals surface area contributed by atoms with Gasteiger partial charge in [-0.1, -0.05) is 6.92 Å². The minimum atomic E-state index is -0.474. The summed E-state index contributed by atoms with van der Waals surface area (Å²) in [6, 6.07) is 0. The number of carbonyl (C=O) groups excluding carboxylic acids is 2. The number of amides is 2. The van der Waals surface area contributed by atoms with Crippen molar-refractivity contribution in [1.82, 2.24) is 9.80 Å². The minimum Gasteiger partial charge on any atom is -0.444 e. The second-order valence-corrected chi connectivity index (χ2v) is 7.80. The standard InChI is InChI=1S/C15H25ClN2O3/c1-14(2,3)21-13(20)18-8-11-7-17(12(19)5-6-16)9-15(11,4)10-18/h11H,5-10H2,1-4H3/t11-,15+/m1/s1. The molecule has 0 radical (unpaired) electrons. The van der Waals surface area contributed by atoms with E-state index in [1.165, 1.54) is 0 Å². The van der Waals surface area contributed by atoms with E-state index < -0.39 is 5.60 Å². The number of hydrogen-bond donors (Lipinski definition) is 0. The number of fused-ring (bicyclic) bond motifs is 1. The molecule has 21 heavy (non-hydrogen) atoms. The highest BCUT2D eigenvalue weighted by atomic mass is 35.5. The highest BCUT2D eigenvalue weighted by Crippen LogP contribution is 2.42. The van der Waals surface area contributed by atoms with Gasteiger partial charge in [-0.05, 0) is 20.8 Å². The van der Waals surface area contributed by atoms with Crippen molar-refractivity contribution in [2.75, 3.05) is 32.1 Å². The fraction of sp³-hybridized carbons (Fsp3) is 0.867. The molecule has 6 heteroatoms. The maximum atomic E-state index is 12.2. The van der Waals surface area contributed by atoms with Gasteiger partial charge >= 0.3 is 6.09 Å². The molecule has 2 rings (SSSR count). The van der Waals surface area contributed by atoms with Crippen LogP contribution in [0, 0.1) is 11.3 Å². The van der Waals surface area contributed by atoms with Gasteiger partial charge in [0.15, 0.2) is 0 Å². The second-order valence-electron chi connectivity index (χ2n) is 7.43. The van der Waals surface area contributed by atoms with Gasteiger partial charge in [-0.25, -0.2) is 4.79 Å². The Morgan fingerprint density at radius 1 is 1.24 bits per heavy atom. The summed E-state index contributed by atoms with van der Waals surface area (Å²) in [7, 11) is 0. The SMILES string of the molecule is CC(C)(C)OC(=O)N1C[C@H]2CN(C(=O)CCCl)C[C@@]2(C)C1. The highest BCUT2D eigenvalue weighted by Gasteiger charge is 2.51. The highest BCUT2D eigenvalue weighted by molar-refractivity contribution is 6.18. The second kappa shape index (κ2) is 5.67. The molecule has 0 bridgehead atoms. The first-order chi connectivity index (χ1) is 9.64. The third-order valence-electron chi connectivity index (χ3n) is 4.28. The summed E-state index contributed by atoms with van der Waals surface area (Å²) in [6.07, 6.45) is 0.136. The van der Waals surface area contributed by atoms with Crippen LogP contribution in [-0.4, -0.2) is 59.5 Å². The summed E-state index contributed by atoms with van der Waals surface area (Å²) >= 11 is 5.64. The van der Waals surface area contributed by atoms with E-state index in [2.05, 4.69) is 6.92 Å². The predicted molar refractivity (Wildman–Crippen MR) is 81.3 cm³/mol. The molecule has 0 aromatic carbocycles. The van der Waals surface area contributed by atoms with E-state index in [1.807, 2.05) is 25.7 Å². The summed E-state index contributed by atoms with van der Waals surface area (Å²) < 4.78 is 5.43. The van der Waals surface area contributed by atoms with Crippen LogP contribution in [-0.2, 0) is 9.53 Å². The van der Waals surface area contributed by atoms with E-state index in [-0.39, 0.29) is 17.4 Å². The van der Waals surface area contributed by atoms with Crippen LogP contribution < -0.4 is 0 Å². The van der Waals surface area contributed by atoms with Crippen molar-refractivity contribution in [3.05, 3.63) is 0 Å². The molecule has 0 aliphatic carbocycles. The summed E-state index contributed by atoms with van der Waals surface area (Å²) in [6.45, 7) is 10.5. The lowest BCUT2D eigenvalue weighted by Crippen LogP contribution is -2.40. The van der Waals surface area contributed by atoms with Gasteiger partial charge in [-0.15, -0.1) is 11.6 Å². The van der Waals surface area contributed by atoms with Crippen LogP contribution in [0.5, 0.6) is 0 Å². The number of alkyl halides is 1. The van der Waals surface area contributed by atoms with Crippen molar-refractivity contribution in [3.8, 4) is 0 Å². The van der Waals surface area contributed by atoms with E-state index in [1.54, 1.807) is 4.90 Å². The molecule has 2 fully saturated rings. The van der Waals surface area contributed by atoms with Crippen LogP contribution in [0.2, 0.25) is 0 Å². The normalized spacial score (nSPS) is 28.7. The maximum absolute atomic E-state index is 12.2. The predicted octanol–water partition coefficient (Wildman–Crippen LogP) is 2.33. The number of halogens is 1. The third kappa shape index (κ3) is 3.62. The van der Waals surface area contributed by atoms with E-state index in [0.717, 1.165) is 0 Å². The lowest BCUT2D eigenvalue weighted by molar-refractivity contribution is -0.130. The monoisotopic (exact) mass is 316 g/mol. The Morgan fingerprint density at radius 3 is 2.33 bits per heavy atom. The first-order valence-electron chi connectivity index (χ1n) is 7.46. The lowest BCUT2D eigenvalue weighted by atomic mass is 9.83. The quantitative estimate of drug-likeness (QED) is 0.735. The molecule has 2 heterocycles. The molecule has 0 spiro atoms. The van der Waals surface area contributed by atoms with Crippen molar-refractivity contribution >= 4 is 23.6 Å².